The molecule has 0 aliphatic rings. The van der Waals surface area contributed by atoms with E-state index >= 15 is 0 Å². The molecule has 1 aromatic carbocycles. The zero-order valence-corrected chi connectivity index (χ0v) is 7.49. The molecule has 0 heterocycles. The van der Waals surface area contributed by atoms with E-state index in [4.69, 9.17) is 10.2 Å². The molecule has 0 radical (unpaired) electrons. The maximum Gasteiger partial charge on any atom is 0.328 e. The molecule has 1 rings (SSSR count). The number of carboxylic acid groups (broad SMARTS) is 1. The van der Waals surface area contributed by atoms with Crippen LogP contribution in [0.1, 0.15) is 0 Å². The van der Waals surface area contributed by atoms with Crippen molar-refractivity contribution < 1.29 is 15.0 Å². The molecule has 0 bridgehead atoms. The highest BCUT2D eigenvalue weighted by molar-refractivity contribution is 8.02. The second-order valence-corrected chi connectivity index (χ2v) is 3.23. The topological polar surface area (TPSA) is 57.5 Å². The smallest absolute Gasteiger partial charge is 0.328 e. The Morgan fingerprint density at radius 3 is 2.46 bits per heavy atom. The highest BCUT2D eigenvalue weighted by Crippen LogP contribution is 2.21. The first-order valence-corrected chi connectivity index (χ1v) is 4.41. The van der Waals surface area contributed by atoms with Crippen molar-refractivity contribution >= 4 is 17.7 Å². The molecular formula is C9H8O3S. The number of benzene rings is 1. The second-order valence-electron chi connectivity index (χ2n) is 2.25. The highest BCUT2D eigenvalue weighted by atomic mass is 32.2. The van der Waals surface area contributed by atoms with Crippen molar-refractivity contribution in [2.75, 3.05) is 0 Å². The van der Waals surface area contributed by atoms with E-state index in [1.165, 1.54) is 17.2 Å². The number of aliphatic carboxylic acids is 1. The van der Waals surface area contributed by atoms with Gasteiger partial charge >= 0.3 is 5.97 Å². The molecule has 0 unspecified atom stereocenters. The minimum Gasteiger partial charge on any atom is -0.508 e. The summed E-state index contributed by atoms with van der Waals surface area (Å²) in [5.41, 5.74) is 0. The lowest BCUT2D eigenvalue weighted by atomic mass is 10.3. The number of carbonyl (C=O) groups is 1. The van der Waals surface area contributed by atoms with Gasteiger partial charge in [-0.15, -0.1) is 0 Å². The number of carboxylic acids is 1. The van der Waals surface area contributed by atoms with Crippen molar-refractivity contribution in [3.63, 3.8) is 0 Å². The van der Waals surface area contributed by atoms with Crippen LogP contribution in [0.4, 0.5) is 0 Å². The molecular weight excluding hydrogens is 188 g/mol. The van der Waals surface area contributed by atoms with Crippen LogP contribution < -0.4 is 0 Å². The first-order valence-electron chi connectivity index (χ1n) is 3.53. The summed E-state index contributed by atoms with van der Waals surface area (Å²) in [6, 6.07) is 6.53. The van der Waals surface area contributed by atoms with Gasteiger partial charge in [0.05, 0.1) is 0 Å². The zero-order chi connectivity index (χ0) is 9.68. The molecule has 0 amide bonds. The maximum absolute atomic E-state index is 10.1. The average Bonchev–Trinajstić information content (AvgIpc) is 2.08. The number of hydrogen-bond acceptors (Lipinski definition) is 3. The standard InChI is InChI=1S/C9H8O3S/c10-7-1-3-8(4-2-7)13-6-5-9(11)12/h1-6,10H,(H,11,12). The molecule has 68 valence electrons. The number of rotatable bonds is 3. The highest BCUT2D eigenvalue weighted by Gasteiger charge is 1.91. The quantitative estimate of drug-likeness (QED) is 0.574. The minimum atomic E-state index is -0.966. The van der Waals surface area contributed by atoms with Crippen LogP contribution in [0.3, 0.4) is 0 Å². The van der Waals surface area contributed by atoms with Gasteiger partial charge in [-0.3, -0.25) is 0 Å². The van der Waals surface area contributed by atoms with Gasteiger partial charge in [0.2, 0.25) is 0 Å². The first kappa shape index (κ1) is 9.67. The average molecular weight is 196 g/mol. The fourth-order valence-electron chi connectivity index (χ4n) is 0.696. The second kappa shape index (κ2) is 4.57. The van der Waals surface area contributed by atoms with Gasteiger partial charge in [-0.05, 0) is 29.7 Å². The summed E-state index contributed by atoms with van der Waals surface area (Å²) in [5.74, 6) is -0.766. The number of phenolic OH excluding ortho intramolecular Hbond substituents is 1. The molecule has 0 aliphatic carbocycles. The number of hydrogen-bond donors (Lipinski definition) is 2. The van der Waals surface area contributed by atoms with Gasteiger partial charge < -0.3 is 10.2 Å². The summed E-state index contributed by atoms with van der Waals surface area (Å²) in [6.07, 6.45) is 1.07. The van der Waals surface area contributed by atoms with Crippen LogP contribution in [0.15, 0.2) is 40.6 Å². The molecule has 1 aromatic rings. The van der Waals surface area contributed by atoms with Crippen molar-refractivity contribution in [1.82, 2.24) is 0 Å². The molecule has 13 heavy (non-hydrogen) atoms. The van der Waals surface area contributed by atoms with Crippen molar-refractivity contribution in [3.8, 4) is 5.75 Å². The fourth-order valence-corrected chi connectivity index (χ4v) is 1.33. The lowest BCUT2D eigenvalue weighted by molar-refractivity contribution is -0.131. The van der Waals surface area contributed by atoms with Gasteiger partial charge in [0.1, 0.15) is 5.75 Å². The Morgan fingerprint density at radius 2 is 1.92 bits per heavy atom. The Hall–Kier alpha value is -1.42. The summed E-state index contributed by atoms with van der Waals surface area (Å²) in [4.78, 5) is 11.0. The van der Waals surface area contributed by atoms with E-state index < -0.39 is 5.97 Å². The van der Waals surface area contributed by atoms with E-state index in [9.17, 15) is 4.79 Å². The Kier molecular flexibility index (Phi) is 3.40. The van der Waals surface area contributed by atoms with Crippen molar-refractivity contribution in [2.24, 2.45) is 0 Å². The summed E-state index contributed by atoms with van der Waals surface area (Å²) in [5, 5.41) is 18.7. The summed E-state index contributed by atoms with van der Waals surface area (Å²) in [6.45, 7) is 0. The van der Waals surface area contributed by atoms with E-state index in [2.05, 4.69) is 0 Å². The molecule has 0 saturated carbocycles. The third kappa shape index (κ3) is 3.66. The van der Waals surface area contributed by atoms with E-state index in [0.717, 1.165) is 11.0 Å². The summed E-state index contributed by atoms with van der Waals surface area (Å²) in [7, 11) is 0. The van der Waals surface area contributed by atoms with Gasteiger partial charge in [-0.25, -0.2) is 4.79 Å². The zero-order valence-electron chi connectivity index (χ0n) is 6.68. The summed E-state index contributed by atoms with van der Waals surface area (Å²) < 4.78 is 0. The van der Waals surface area contributed by atoms with E-state index in [-0.39, 0.29) is 5.75 Å². The molecule has 0 aliphatic heterocycles. The molecule has 4 heteroatoms. The predicted molar refractivity (Wildman–Crippen MR) is 50.7 cm³/mol. The van der Waals surface area contributed by atoms with Crippen LogP contribution in [-0.4, -0.2) is 16.2 Å². The summed E-state index contributed by atoms with van der Waals surface area (Å²) >= 11 is 1.28. The van der Waals surface area contributed by atoms with Crippen molar-refractivity contribution in [3.05, 3.63) is 35.7 Å². The minimum absolute atomic E-state index is 0.201. The molecule has 0 fully saturated rings. The Bertz CT molecular complexity index is 316. The van der Waals surface area contributed by atoms with Gasteiger partial charge in [0, 0.05) is 11.0 Å². The maximum atomic E-state index is 10.1. The third-order valence-electron chi connectivity index (χ3n) is 1.25. The van der Waals surface area contributed by atoms with Gasteiger partial charge in [-0.1, -0.05) is 11.8 Å². The van der Waals surface area contributed by atoms with E-state index in [1.54, 1.807) is 24.3 Å². The molecule has 2 N–H and O–H groups in total. The number of thioether (sulfide) groups is 1. The van der Waals surface area contributed by atoms with E-state index in [1.807, 2.05) is 0 Å². The largest absolute Gasteiger partial charge is 0.508 e. The van der Waals surface area contributed by atoms with Crippen molar-refractivity contribution in [1.29, 1.82) is 0 Å². The molecule has 3 nitrogen and oxygen atoms in total. The van der Waals surface area contributed by atoms with Crippen LogP contribution in [-0.2, 0) is 4.79 Å². The lowest BCUT2D eigenvalue weighted by Crippen LogP contribution is -1.84. The van der Waals surface area contributed by atoms with Gasteiger partial charge in [0.15, 0.2) is 0 Å². The van der Waals surface area contributed by atoms with Crippen molar-refractivity contribution in [2.45, 2.75) is 4.90 Å². The van der Waals surface area contributed by atoms with Crippen LogP contribution >= 0.6 is 11.8 Å². The first-order chi connectivity index (χ1) is 6.18. The van der Waals surface area contributed by atoms with Gasteiger partial charge in [0.25, 0.3) is 0 Å². The normalized spacial score (nSPS) is 10.5. The van der Waals surface area contributed by atoms with Crippen LogP contribution in [0.2, 0.25) is 0 Å². The number of aromatic hydroxyl groups is 1. The SMILES string of the molecule is O=C(O)C=CSc1ccc(O)cc1. The lowest BCUT2D eigenvalue weighted by Gasteiger charge is -1.94. The monoisotopic (exact) mass is 196 g/mol. The Labute approximate surface area is 79.7 Å². The van der Waals surface area contributed by atoms with Crippen LogP contribution in [0, 0.1) is 0 Å². The van der Waals surface area contributed by atoms with Crippen LogP contribution in [0.25, 0.3) is 0 Å². The number of phenols is 1. The Morgan fingerprint density at radius 1 is 1.31 bits per heavy atom. The van der Waals surface area contributed by atoms with E-state index in [0.29, 0.717) is 0 Å². The molecule has 0 aromatic heterocycles. The predicted octanol–water partition coefficient (Wildman–Crippen LogP) is 2.08. The van der Waals surface area contributed by atoms with Crippen LogP contribution in [0.5, 0.6) is 5.75 Å². The molecule has 0 atom stereocenters. The molecule has 0 spiro atoms. The van der Waals surface area contributed by atoms with Gasteiger partial charge in [-0.2, -0.15) is 0 Å². The fraction of sp³-hybridized carbons (Fsp3) is 0. The Balaban J connectivity index is 2.55. The molecule has 0 saturated heterocycles. The third-order valence-corrected chi connectivity index (χ3v) is 2.07.